The van der Waals surface area contributed by atoms with E-state index < -0.39 is 17.3 Å². The second-order valence-electron chi connectivity index (χ2n) is 4.86. The normalized spacial score (nSPS) is 11.7. The number of aromatic nitrogens is 2. The Labute approximate surface area is 133 Å². The third-order valence-corrected chi connectivity index (χ3v) is 3.69. The number of para-hydroxylation sites is 1. The van der Waals surface area contributed by atoms with Crippen LogP contribution in [-0.4, -0.2) is 9.78 Å². The fraction of sp³-hybridized carbons (Fsp3) is 0.0625. The molecule has 0 atom stereocenters. The number of nitrogens with one attached hydrogen (secondary N) is 1. The predicted octanol–water partition coefficient (Wildman–Crippen LogP) is 4.50. The van der Waals surface area contributed by atoms with E-state index in [0.29, 0.717) is 10.7 Å². The highest BCUT2D eigenvalue weighted by Crippen LogP contribution is 2.31. The molecule has 0 saturated heterocycles. The Kier molecular flexibility index (Phi) is 3.77. The highest BCUT2D eigenvalue weighted by atomic mass is 35.5. The van der Waals surface area contributed by atoms with Gasteiger partial charge in [0.15, 0.2) is 0 Å². The van der Waals surface area contributed by atoms with Crippen molar-refractivity contribution in [1.29, 1.82) is 0 Å². The maximum atomic E-state index is 12.8. The first-order chi connectivity index (χ1) is 10.9. The summed E-state index contributed by atoms with van der Waals surface area (Å²) >= 11 is 6.04. The minimum Gasteiger partial charge on any atom is -0.298 e. The van der Waals surface area contributed by atoms with Crippen molar-refractivity contribution in [1.82, 2.24) is 9.78 Å². The van der Waals surface area contributed by atoms with Crippen molar-refractivity contribution in [2.24, 2.45) is 0 Å². The van der Waals surface area contributed by atoms with Crippen molar-refractivity contribution in [3.05, 3.63) is 75.7 Å². The lowest BCUT2D eigenvalue weighted by Gasteiger charge is -2.07. The van der Waals surface area contributed by atoms with E-state index in [9.17, 15) is 18.0 Å². The quantitative estimate of drug-likeness (QED) is 0.733. The fourth-order valence-corrected chi connectivity index (χ4v) is 2.47. The summed E-state index contributed by atoms with van der Waals surface area (Å²) in [7, 11) is 0. The van der Waals surface area contributed by atoms with Crippen LogP contribution in [0.5, 0.6) is 0 Å². The molecular weight excluding hydrogens is 329 g/mol. The number of nitrogens with zero attached hydrogens (tertiary/aromatic N) is 1. The van der Waals surface area contributed by atoms with Gasteiger partial charge in [-0.15, -0.1) is 0 Å². The number of halogens is 4. The molecule has 0 aliphatic carbocycles. The van der Waals surface area contributed by atoms with Gasteiger partial charge in [0.1, 0.15) is 0 Å². The summed E-state index contributed by atoms with van der Waals surface area (Å²) in [4.78, 5) is 12.5. The highest BCUT2D eigenvalue weighted by Gasteiger charge is 2.30. The molecule has 7 heteroatoms. The van der Waals surface area contributed by atoms with Crippen LogP contribution in [-0.2, 0) is 6.18 Å². The van der Waals surface area contributed by atoms with Gasteiger partial charge in [-0.05, 0) is 29.8 Å². The lowest BCUT2D eigenvalue weighted by molar-refractivity contribution is -0.137. The van der Waals surface area contributed by atoms with Crippen LogP contribution in [0.15, 0.2) is 59.5 Å². The predicted molar refractivity (Wildman–Crippen MR) is 81.8 cm³/mol. The minimum absolute atomic E-state index is 0.135. The van der Waals surface area contributed by atoms with E-state index in [1.165, 1.54) is 23.0 Å². The smallest absolute Gasteiger partial charge is 0.298 e. The van der Waals surface area contributed by atoms with Gasteiger partial charge in [-0.1, -0.05) is 35.9 Å². The first kappa shape index (κ1) is 15.4. The number of alkyl halides is 3. The summed E-state index contributed by atoms with van der Waals surface area (Å²) in [5.74, 6) is 0. The van der Waals surface area contributed by atoms with Gasteiger partial charge in [-0.3, -0.25) is 9.89 Å². The van der Waals surface area contributed by atoms with Gasteiger partial charge < -0.3 is 0 Å². The van der Waals surface area contributed by atoms with Crippen molar-refractivity contribution in [3.63, 3.8) is 0 Å². The average molecular weight is 339 g/mol. The van der Waals surface area contributed by atoms with Crippen LogP contribution in [0.25, 0.3) is 16.8 Å². The van der Waals surface area contributed by atoms with Gasteiger partial charge >= 0.3 is 6.18 Å². The highest BCUT2D eigenvalue weighted by molar-refractivity contribution is 6.32. The Morgan fingerprint density at radius 2 is 1.78 bits per heavy atom. The first-order valence-electron chi connectivity index (χ1n) is 6.61. The van der Waals surface area contributed by atoms with Gasteiger partial charge in [0.2, 0.25) is 0 Å². The molecule has 1 N–H and O–H groups in total. The van der Waals surface area contributed by atoms with E-state index in [2.05, 4.69) is 5.10 Å². The average Bonchev–Trinajstić information content (AvgIpc) is 2.89. The van der Waals surface area contributed by atoms with Crippen LogP contribution < -0.4 is 5.56 Å². The second-order valence-corrected chi connectivity index (χ2v) is 5.26. The zero-order chi connectivity index (χ0) is 16.6. The molecule has 0 spiro atoms. The van der Waals surface area contributed by atoms with Crippen molar-refractivity contribution in [3.8, 4) is 16.8 Å². The molecule has 3 aromatic rings. The number of H-pyrrole nitrogens is 1. The van der Waals surface area contributed by atoms with Crippen LogP contribution in [0.4, 0.5) is 13.2 Å². The topological polar surface area (TPSA) is 37.8 Å². The Bertz CT molecular complexity index is 912. The lowest BCUT2D eigenvalue weighted by atomic mass is 10.1. The van der Waals surface area contributed by atoms with E-state index in [1.54, 1.807) is 24.3 Å². The Morgan fingerprint density at radius 1 is 1.04 bits per heavy atom. The maximum absolute atomic E-state index is 12.8. The van der Waals surface area contributed by atoms with E-state index >= 15 is 0 Å². The molecule has 0 amide bonds. The van der Waals surface area contributed by atoms with Gasteiger partial charge in [-0.2, -0.15) is 13.2 Å². The summed E-state index contributed by atoms with van der Waals surface area (Å²) in [6.45, 7) is 0. The minimum atomic E-state index is -4.46. The zero-order valence-corrected chi connectivity index (χ0v) is 12.3. The first-order valence-corrected chi connectivity index (χ1v) is 6.98. The van der Waals surface area contributed by atoms with Crippen LogP contribution in [0.1, 0.15) is 5.56 Å². The zero-order valence-electron chi connectivity index (χ0n) is 11.6. The summed E-state index contributed by atoms with van der Waals surface area (Å²) in [5, 5.41) is 3.08. The molecule has 3 nitrogen and oxygen atoms in total. The van der Waals surface area contributed by atoms with Crippen LogP contribution in [0.3, 0.4) is 0 Å². The molecule has 2 aromatic carbocycles. The fourth-order valence-electron chi connectivity index (χ4n) is 2.25. The van der Waals surface area contributed by atoms with Crippen molar-refractivity contribution in [2.45, 2.75) is 6.18 Å². The molecule has 0 aliphatic heterocycles. The van der Waals surface area contributed by atoms with E-state index in [1.807, 2.05) is 0 Å². The lowest BCUT2D eigenvalue weighted by Crippen LogP contribution is -2.16. The molecule has 0 unspecified atom stereocenters. The number of benzene rings is 2. The molecule has 23 heavy (non-hydrogen) atoms. The van der Waals surface area contributed by atoms with Crippen LogP contribution in [0, 0.1) is 0 Å². The van der Waals surface area contributed by atoms with Gasteiger partial charge in [0, 0.05) is 6.20 Å². The number of rotatable bonds is 2. The molecule has 0 saturated carbocycles. The van der Waals surface area contributed by atoms with Crippen LogP contribution >= 0.6 is 11.6 Å². The second kappa shape index (κ2) is 5.62. The number of aromatic amines is 1. The molecule has 0 bridgehead atoms. The van der Waals surface area contributed by atoms with E-state index in [4.69, 9.17) is 11.6 Å². The molecule has 118 valence electrons. The Hall–Kier alpha value is -2.47. The molecule has 3 rings (SSSR count). The van der Waals surface area contributed by atoms with Crippen molar-refractivity contribution in [2.75, 3.05) is 0 Å². The van der Waals surface area contributed by atoms with Gasteiger partial charge in [0.25, 0.3) is 5.56 Å². The summed E-state index contributed by atoms with van der Waals surface area (Å²) in [6, 6.07) is 11.3. The van der Waals surface area contributed by atoms with Crippen molar-refractivity contribution < 1.29 is 13.2 Å². The number of hydrogen-bond donors (Lipinski definition) is 1. The third kappa shape index (κ3) is 2.90. The van der Waals surface area contributed by atoms with Gasteiger partial charge in [-0.25, -0.2) is 4.68 Å². The standard InChI is InChI=1S/C16H10ClF3N2O/c17-13-6-1-2-7-14(13)22-15(23)12(9-21-22)10-4-3-5-11(8-10)16(18,19)20/h1-9,21H. The van der Waals surface area contributed by atoms with Crippen LogP contribution in [0.2, 0.25) is 5.02 Å². The monoisotopic (exact) mass is 338 g/mol. The third-order valence-electron chi connectivity index (χ3n) is 3.37. The summed E-state index contributed by atoms with van der Waals surface area (Å²) < 4.78 is 39.6. The van der Waals surface area contributed by atoms with Gasteiger partial charge in [0.05, 0.1) is 21.8 Å². The molecule has 1 heterocycles. The van der Waals surface area contributed by atoms with E-state index in [-0.39, 0.29) is 11.1 Å². The maximum Gasteiger partial charge on any atom is 0.416 e. The summed E-state index contributed by atoms with van der Waals surface area (Å²) in [6.07, 6.45) is -3.10. The molecule has 0 radical (unpaired) electrons. The molecule has 0 fully saturated rings. The molecule has 0 aliphatic rings. The number of hydrogen-bond acceptors (Lipinski definition) is 1. The largest absolute Gasteiger partial charge is 0.416 e. The Balaban J connectivity index is 2.11. The molecular formula is C16H10ClF3N2O. The van der Waals surface area contributed by atoms with E-state index in [0.717, 1.165) is 12.1 Å². The molecule has 1 aromatic heterocycles. The summed E-state index contributed by atoms with van der Waals surface area (Å²) in [5.41, 5.74) is -0.530. The Morgan fingerprint density at radius 3 is 2.48 bits per heavy atom. The SMILES string of the molecule is O=c1c(-c2cccc(C(F)(F)F)c2)c[nH]n1-c1ccccc1Cl. The van der Waals surface area contributed by atoms with Crippen molar-refractivity contribution >= 4 is 11.6 Å².